The molecular formula is C19H27N3O4S. The van der Waals surface area contributed by atoms with Crippen molar-refractivity contribution in [1.29, 1.82) is 0 Å². The summed E-state index contributed by atoms with van der Waals surface area (Å²) in [6.45, 7) is 4.75. The highest BCUT2D eigenvalue weighted by molar-refractivity contribution is 7.89. The smallest absolute Gasteiger partial charge is 0.254 e. The molecule has 2 fully saturated rings. The zero-order chi connectivity index (χ0) is 19.4. The van der Waals surface area contributed by atoms with Crippen molar-refractivity contribution in [3.05, 3.63) is 29.3 Å². The molecule has 1 aromatic rings. The molecule has 2 aliphatic rings. The van der Waals surface area contributed by atoms with E-state index in [1.807, 2.05) is 0 Å². The number of hydrogen-bond acceptors (Lipinski definition) is 4. The number of carbonyl (C=O) groups excluding carboxylic acids is 2. The van der Waals surface area contributed by atoms with Gasteiger partial charge in [0, 0.05) is 44.8 Å². The fourth-order valence-corrected chi connectivity index (χ4v) is 5.41. The lowest BCUT2D eigenvalue weighted by Gasteiger charge is -2.32. The van der Waals surface area contributed by atoms with Crippen LogP contribution in [0.25, 0.3) is 0 Å². The van der Waals surface area contributed by atoms with E-state index in [-0.39, 0.29) is 10.8 Å². The van der Waals surface area contributed by atoms with Crippen molar-refractivity contribution in [2.24, 2.45) is 0 Å². The minimum Gasteiger partial charge on any atom is -0.342 e. The lowest BCUT2D eigenvalue weighted by atomic mass is 10.1. The van der Waals surface area contributed by atoms with Crippen LogP contribution in [0.15, 0.2) is 23.1 Å². The Kier molecular flexibility index (Phi) is 6.16. The minimum atomic E-state index is -3.61. The Morgan fingerprint density at radius 2 is 1.59 bits per heavy atom. The van der Waals surface area contributed by atoms with Crippen LogP contribution in [-0.4, -0.2) is 74.1 Å². The molecule has 0 unspecified atom stereocenters. The normalized spacial score (nSPS) is 19.6. The van der Waals surface area contributed by atoms with Gasteiger partial charge in [0.1, 0.15) is 0 Å². The van der Waals surface area contributed by atoms with Crippen LogP contribution < -0.4 is 0 Å². The molecule has 0 N–H and O–H groups in total. The molecule has 0 saturated carbocycles. The summed E-state index contributed by atoms with van der Waals surface area (Å²) < 4.78 is 27.9. The number of rotatable bonds is 4. The van der Waals surface area contributed by atoms with E-state index in [9.17, 15) is 18.0 Å². The van der Waals surface area contributed by atoms with Crippen LogP contribution in [0.2, 0.25) is 0 Å². The Balaban J connectivity index is 1.83. The Bertz CT molecular complexity index is 793. The van der Waals surface area contributed by atoms with Gasteiger partial charge < -0.3 is 9.80 Å². The Labute approximate surface area is 161 Å². The summed E-state index contributed by atoms with van der Waals surface area (Å²) in [5.41, 5.74) is 1.04. The average Bonchev–Trinajstić information content (AvgIpc) is 2.98. The van der Waals surface area contributed by atoms with Crippen molar-refractivity contribution < 1.29 is 18.0 Å². The second-order valence-corrected chi connectivity index (χ2v) is 9.14. The third-order valence-electron chi connectivity index (χ3n) is 5.37. The lowest BCUT2D eigenvalue weighted by Crippen LogP contribution is -2.48. The summed E-state index contributed by atoms with van der Waals surface area (Å²) in [6, 6.07) is 4.91. The van der Waals surface area contributed by atoms with Crippen molar-refractivity contribution in [3.63, 3.8) is 0 Å². The van der Waals surface area contributed by atoms with E-state index in [1.54, 1.807) is 33.2 Å². The van der Waals surface area contributed by atoms with E-state index in [0.717, 1.165) is 32.1 Å². The molecule has 2 heterocycles. The lowest BCUT2D eigenvalue weighted by molar-refractivity contribution is -0.119. The first-order chi connectivity index (χ1) is 12.9. The van der Waals surface area contributed by atoms with Crippen LogP contribution >= 0.6 is 0 Å². The predicted molar refractivity (Wildman–Crippen MR) is 102 cm³/mol. The van der Waals surface area contributed by atoms with E-state index < -0.39 is 10.0 Å². The second-order valence-electron chi connectivity index (χ2n) is 7.23. The highest BCUT2D eigenvalue weighted by atomic mass is 32.2. The van der Waals surface area contributed by atoms with Gasteiger partial charge in [-0.3, -0.25) is 9.59 Å². The number of hydrogen-bond donors (Lipinski definition) is 0. The number of nitrogens with zero attached hydrogens (tertiary/aromatic N) is 3. The van der Waals surface area contributed by atoms with Crippen LogP contribution in [0, 0.1) is 6.92 Å². The first-order valence-corrected chi connectivity index (χ1v) is 11.0. The third kappa shape index (κ3) is 4.32. The zero-order valence-electron chi connectivity index (χ0n) is 15.8. The molecule has 0 bridgehead atoms. The summed E-state index contributed by atoms with van der Waals surface area (Å²) in [4.78, 5) is 27.2. The van der Waals surface area contributed by atoms with Crippen molar-refractivity contribution in [2.75, 3.05) is 39.3 Å². The molecule has 27 heavy (non-hydrogen) atoms. The van der Waals surface area contributed by atoms with Gasteiger partial charge in [0.05, 0.1) is 4.90 Å². The van der Waals surface area contributed by atoms with Crippen LogP contribution in [0.4, 0.5) is 0 Å². The first-order valence-electron chi connectivity index (χ1n) is 9.53. The van der Waals surface area contributed by atoms with E-state index in [0.29, 0.717) is 50.4 Å². The molecule has 0 atom stereocenters. The number of sulfonamides is 1. The molecule has 1 aromatic carbocycles. The number of aryl methyl sites for hydroxylation is 1. The Hall–Kier alpha value is -1.93. The fourth-order valence-electron chi connectivity index (χ4n) is 3.65. The van der Waals surface area contributed by atoms with Crippen molar-refractivity contribution in [1.82, 2.24) is 14.1 Å². The van der Waals surface area contributed by atoms with Gasteiger partial charge in [-0.15, -0.1) is 0 Å². The monoisotopic (exact) mass is 393 g/mol. The Morgan fingerprint density at radius 3 is 2.19 bits per heavy atom. The van der Waals surface area contributed by atoms with Gasteiger partial charge >= 0.3 is 0 Å². The molecule has 8 heteroatoms. The van der Waals surface area contributed by atoms with Crippen molar-refractivity contribution in [3.8, 4) is 0 Å². The minimum absolute atomic E-state index is 0.187. The number of amides is 2. The largest absolute Gasteiger partial charge is 0.342 e. The van der Waals surface area contributed by atoms with Gasteiger partial charge in [0.25, 0.3) is 5.91 Å². The highest BCUT2D eigenvalue weighted by Crippen LogP contribution is 2.25. The average molecular weight is 394 g/mol. The predicted octanol–water partition coefficient (Wildman–Crippen LogP) is 1.47. The number of carbonyl (C=O) groups is 2. The van der Waals surface area contributed by atoms with Gasteiger partial charge in [-0.1, -0.05) is 18.9 Å². The molecule has 7 nitrogen and oxygen atoms in total. The Morgan fingerprint density at radius 1 is 0.963 bits per heavy atom. The maximum absolute atomic E-state index is 13.1. The highest BCUT2D eigenvalue weighted by Gasteiger charge is 2.28. The maximum atomic E-state index is 13.1. The van der Waals surface area contributed by atoms with E-state index >= 15 is 0 Å². The van der Waals surface area contributed by atoms with E-state index in [2.05, 4.69) is 0 Å². The quantitative estimate of drug-likeness (QED) is 0.726. The molecule has 148 valence electrons. The van der Waals surface area contributed by atoms with Crippen LogP contribution in [0.3, 0.4) is 0 Å². The van der Waals surface area contributed by atoms with Gasteiger partial charge in [0.15, 0.2) is 0 Å². The molecule has 0 aromatic heterocycles. The first kappa shape index (κ1) is 19.8. The van der Waals surface area contributed by atoms with Crippen LogP contribution in [0.5, 0.6) is 0 Å². The molecule has 2 aliphatic heterocycles. The van der Waals surface area contributed by atoms with Gasteiger partial charge in [-0.2, -0.15) is 4.31 Å². The molecular weight excluding hydrogens is 366 g/mol. The molecule has 0 aliphatic carbocycles. The molecule has 0 spiro atoms. The number of benzene rings is 1. The summed E-state index contributed by atoms with van der Waals surface area (Å²) in [5, 5.41) is 0. The second kappa shape index (κ2) is 8.39. The van der Waals surface area contributed by atoms with Crippen LogP contribution in [0.1, 0.15) is 41.6 Å². The molecule has 2 amide bonds. The molecule has 3 rings (SSSR count). The summed E-state index contributed by atoms with van der Waals surface area (Å²) in [7, 11) is -3.61. The maximum Gasteiger partial charge on any atom is 0.254 e. The summed E-state index contributed by atoms with van der Waals surface area (Å²) >= 11 is 0. The summed E-state index contributed by atoms with van der Waals surface area (Å²) in [5.74, 6) is -0.187. The summed E-state index contributed by atoms with van der Waals surface area (Å²) in [6.07, 6.45) is 4.64. The molecule has 2 saturated heterocycles. The standard InChI is InChI=1S/C19H27N3O4S/c1-16-6-7-17(19(24)21-12-10-20(15-23)11-13-21)14-18(16)27(25,26)22-8-4-2-3-5-9-22/h6-7,14-15H,2-5,8-13H2,1H3. The fraction of sp³-hybridized carbons (Fsp3) is 0.579. The van der Waals surface area contributed by atoms with E-state index in [1.165, 1.54) is 6.07 Å². The van der Waals surface area contributed by atoms with Gasteiger partial charge in [-0.05, 0) is 37.5 Å². The van der Waals surface area contributed by atoms with Gasteiger partial charge in [-0.25, -0.2) is 8.42 Å². The van der Waals surface area contributed by atoms with Crippen molar-refractivity contribution in [2.45, 2.75) is 37.5 Å². The topological polar surface area (TPSA) is 78.0 Å². The third-order valence-corrected chi connectivity index (χ3v) is 7.41. The van der Waals surface area contributed by atoms with Gasteiger partial charge in [0.2, 0.25) is 16.4 Å². The SMILES string of the molecule is Cc1ccc(C(=O)N2CCN(C=O)CC2)cc1S(=O)(=O)N1CCCCCC1. The van der Waals surface area contributed by atoms with Crippen molar-refractivity contribution >= 4 is 22.3 Å². The van der Waals surface area contributed by atoms with E-state index in [4.69, 9.17) is 0 Å². The molecule has 0 radical (unpaired) electrons. The van der Waals surface area contributed by atoms with Crippen LogP contribution in [-0.2, 0) is 14.8 Å². The zero-order valence-corrected chi connectivity index (χ0v) is 16.6. The number of piperazine rings is 1.